The molecule has 3 heterocycles. The number of nitriles is 1. The number of benzene rings is 2. The molecule has 0 spiro atoms. The predicted molar refractivity (Wildman–Crippen MR) is 130 cm³/mol. The van der Waals surface area contributed by atoms with E-state index in [9.17, 15) is 5.26 Å². The number of para-hydroxylation sites is 1. The van der Waals surface area contributed by atoms with Crippen molar-refractivity contribution in [1.82, 2.24) is 4.98 Å². The molecule has 1 atom stereocenters. The number of anilines is 1. The lowest BCUT2D eigenvalue weighted by atomic mass is 9.76. The zero-order valence-corrected chi connectivity index (χ0v) is 18.6. The second-order valence-electron chi connectivity index (χ2n) is 7.80. The van der Waals surface area contributed by atoms with Gasteiger partial charge in [0.25, 0.3) is 0 Å². The Bertz CT molecular complexity index is 1450. The van der Waals surface area contributed by atoms with E-state index in [4.69, 9.17) is 21.2 Å². The zero-order valence-electron chi connectivity index (χ0n) is 17.0. The van der Waals surface area contributed by atoms with E-state index in [0.29, 0.717) is 16.4 Å². The Balaban J connectivity index is 1.63. The van der Waals surface area contributed by atoms with Gasteiger partial charge in [0, 0.05) is 28.4 Å². The summed E-state index contributed by atoms with van der Waals surface area (Å²) in [4.78, 5) is 6.03. The molecule has 0 saturated heterocycles. The number of allylic oxidation sites excluding steroid dienone is 3. The number of fused-ring (bicyclic) bond motifs is 3. The average molecular weight is 455 g/mol. The van der Waals surface area contributed by atoms with Crippen molar-refractivity contribution in [3.8, 4) is 6.07 Å². The fourth-order valence-electron chi connectivity index (χ4n) is 4.65. The Kier molecular flexibility index (Phi) is 4.32. The lowest BCUT2D eigenvalue weighted by Crippen LogP contribution is -2.23. The second-order valence-corrected chi connectivity index (χ2v) is 9.97. The number of aryl methyl sites for hydroxylation is 1. The van der Waals surface area contributed by atoms with Gasteiger partial charge in [-0.15, -0.1) is 22.7 Å². The van der Waals surface area contributed by atoms with Crippen molar-refractivity contribution >= 4 is 49.0 Å². The van der Waals surface area contributed by atoms with Gasteiger partial charge in [0.15, 0.2) is 5.88 Å². The second kappa shape index (κ2) is 7.23. The van der Waals surface area contributed by atoms with Gasteiger partial charge in [0.05, 0.1) is 21.4 Å². The summed E-state index contributed by atoms with van der Waals surface area (Å²) in [6, 6.07) is 20.6. The molecule has 32 heavy (non-hydrogen) atoms. The number of ether oxygens (including phenoxy) is 1. The maximum Gasteiger partial charge on any atom is 0.197 e. The molecule has 156 valence electrons. The van der Waals surface area contributed by atoms with Crippen LogP contribution in [0.25, 0.3) is 21.4 Å². The van der Waals surface area contributed by atoms with Gasteiger partial charge in [-0.2, -0.15) is 5.26 Å². The van der Waals surface area contributed by atoms with E-state index >= 15 is 0 Å². The van der Waals surface area contributed by atoms with Gasteiger partial charge in [-0.05, 0) is 24.1 Å². The van der Waals surface area contributed by atoms with Crippen molar-refractivity contribution in [3.63, 3.8) is 0 Å². The molecule has 1 unspecified atom stereocenters. The number of thiazole rings is 1. The molecule has 0 bridgehead atoms. The van der Waals surface area contributed by atoms with Crippen molar-refractivity contribution in [3.05, 3.63) is 92.8 Å². The normalized spacial score (nSPS) is 17.7. The van der Waals surface area contributed by atoms with Crippen LogP contribution in [0.4, 0.5) is 5.00 Å². The standard InChI is InChI=1S/C25H18N4OS2/c26-12-14-20-18(31-24(14)28)11-10-16-21(20)19(13-6-2-1-3-7-13)22(23(27)30-16)25-29-15-8-4-5-9-17(15)32-25/h1-9,19H,10-11,27-28H2. The number of aromatic nitrogens is 1. The maximum atomic E-state index is 9.91. The van der Waals surface area contributed by atoms with Crippen LogP contribution < -0.4 is 11.5 Å². The molecule has 0 amide bonds. The highest BCUT2D eigenvalue weighted by molar-refractivity contribution is 7.19. The van der Waals surface area contributed by atoms with Gasteiger partial charge in [0.2, 0.25) is 0 Å². The van der Waals surface area contributed by atoms with Crippen molar-refractivity contribution in [1.29, 1.82) is 5.26 Å². The van der Waals surface area contributed by atoms with Crippen LogP contribution >= 0.6 is 22.7 Å². The van der Waals surface area contributed by atoms with Crippen LogP contribution in [0.2, 0.25) is 0 Å². The summed E-state index contributed by atoms with van der Waals surface area (Å²) in [6.45, 7) is 0. The molecule has 4 N–H and O–H groups in total. The van der Waals surface area contributed by atoms with Crippen LogP contribution in [-0.2, 0) is 11.2 Å². The smallest absolute Gasteiger partial charge is 0.197 e. The third-order valence-corrected chi connectivity index (χ3v) is 8.15. The van der Waals surface area contributed by atoms with Gasteiger partial charge < -0.3 is 16.2 Å². The van der Waals surface area contributed by atoms with Crippen molar-refractivity contribution < 1.29 is 4.74 Å². The van der Waals surface area contributed by atoms with Gasteiger partial charge in [-0.25, -0.2) is 4.98 Å². The van der Waals surface area contributed by atoms with Crippen LogP contribution in [0.1, 0.15) is 38.9 Å². The first-order chi connectivity index (χ1) is 15.7. The minimum Gasteiger partial charge on any atom is -0.445 e. The molecule has 1 aliphatic heterocycles. The Morgan fingerprint density at radius 3 is 2.53 bits per heavy atom. The van der Waals surface area contributed by atoms with Crippen molar-refractivity contribution in [2.24, 2.45) is 5.73 Å². The highest BCUT2D eigenvalue weighted by Crippen LogP contribution is 2.55. The zero-order chi connectivity index (χ0) is 21.8. The van der Waals surface area contributed by atoms with E-state index in [2.05, 4.69) is 24.3 Å². The summed E-state index contributed by atoms with van der Waals surface area (Å²) in [5.41, 5.74) is 18.1. The molecular formula is C25H18N4OS2. The summed E-state index contributed by atoms with van der Waals surface area (Å²) in [5.74, 6) is 1.01. The van der Waals surface area contributed by atoms with E-state index in [1.165, 1.54) is 11.3 Å². The Morgan fingerprint density at radius 2 is 1.75 bits per heavy atom. The number of rotatable bonds is 2. The van der Waals surface area contributed by atoms with Crippen LogP contribution in [0.3, 0.4) is 0 Å². The lowest BCUT2D eigenvalue weighted by Gasteiger charge is -2.34. The number of hydrogen-bond donors (Lipinski definition) is 2. The van der Waals surface area contributed by atoms with E-state index in [-0.39, 0.29) is 5.92 Å². The van der Waals surface area contributed by atoms with Crippen LogP contribution in [-0.4, -0.2) is 4.98 Å². The molecule has 2 aliphatic rings. The predicted octanol–water partition coefficient (Wildman–Crippen LogP) is 5.61. The van der Waals surface area contributed by atoms with Crippen LogP contribution in [0.15, 0.2) is 66.2 Å². The van der Waals surface area contributed by atoms with Gasteiger partial charge >= 0.3 is 0 Å². The monoisotopic (exact) mass is 454 g/mol. The first-order valence-electron chi connectivity index (χ1n) is 10.3. The largest absolute Gasteiger partial charge is 0.445 e. The number of nitrogens with zero attached hydrogens (tertiary/aromatic N) is 2. The number of hydrogen-bond acceptors (Lipinski definition) is 7. The van der Waals surface area contributed by atoms with Gasteiger partial charge in [0.1, 0.15) is 21.8 Å². The minimum atomic E-state index is -0.194. The molecule has 1 aliphatic carbocycles. The van der Waals surface area contributed by atoms with Crippen LogP contribution in [0, 0.1) is 11.3 Å². The van der Waals surface area contributed by atoms with E-state index in [0.717, 1.165) is 61.0 Å². The van der Waals surface area contributed by atoms with Crippen molar-refractivity contribution in [2.45, 2.75) is 18.8 Å². The molecule has 0 fully saturated rings. The summed E-state index contributed by atoms with van der Waals surface area (Å²) in [6.07, 6.45) is 1.51. The quantitative estimate of drug-likeness (QED) is 0.410. The highest BCUT2D eigenvalue weighted by Gasteiger charge is 2.40. The highest BCUT2D eigenvalue weighted by atomic mass is 32.1. The SMILES string of the molecule is N#Cc1c(N)sc2c1C1=C(CC2)OC(N)=C(c2nc3ccccc3s2)C1c1ccccc1. The van der Waals surface area contributed by atoms with Crippen LogP contribution in [0.5, 0.6) is 0 Å². The Morgan fingerprint density at radius 1 is 0.969 bits per heavy atom. The molecule has 0 radical (unpaired) electrons. The number of nitrogen functional groups attached to an aromatic ring is 1. The van der Waals surface area contributed by atoms with E-state index in [1.807, 2.05) is 36.4 Å². The summed E-state index contributed by atoms with van der Waals surface area (Å²) >= 11 is 3.10. The summed E-state index contributed by atoms with van der Waals surface area (Å²) in [5, 5.41) is 11.3. The summed E-state index contributed by atoms with van der Waals surface area (Å²) in [7, 11) is 0. The van der Waals surface area contributed by atoms with E-state index in [1.54, 1.807) is 11.3 Å². The molecule has 4 aromatic rings. The topological polar surface area (TPSA) is 98.0 Å². The fraction of sp³-hybridized carbons (Fsp3) is 0.120. The number of nitrogens with two attached hydrogens (primary N) is 2. The lowest BCUT2D eigenvalue weighted by molar-refractivity contribution is 0.281. The fourth-order valence-corrected chi connectivity index (χ4v) is 6.73. The third kappa shape index (κ3) is 2.77. The molecule has 7 heteroatoms. The molecular weight excluding hydrogens is 436 g/mol. The van der Waals surface area contributed by atoms with Gasteiger partial charge in [-0.3, -0.25) is 0 Å². The molecule has 6 rings (SSSR count). The Labute approximate surface area is 192 Å². The maximum absolute atomic E-state index is 9.91. The van der Waals surface area contributed by atoms with Gasteiger partial charge in [-0.1, -0.05) is 42.5 Å². The average Bonchev–Trinajstić information content (AvgIpc) is 3.38. The molecule has 5 nitrogen and oxygen atoms in total. The van der Waals surface area contributed by atoms with Crippen molar-refractivity contribution in [2.75, 3.05) is 5.73 Å². The first-order valence-corrected chi connectivity index (χ1v) is 11.9. The van der Waals surface area contributed by atoms with E-state index < -0.39 is 0 Å². The molecule has 2 aromatic heterocycles. The summed E-state index contributed by atoms with van der Waals surface area (Å²) < 4.78 is 7.32. The number of thiophene rings is 1. The molecule has 2 aromatic carbocycles. The Hall–Kier alpha value is -3.60. The minimum absolute atomic E-state index is 0.194. The third-order valence-electron chi connectivity index (χ3n) is 6.00. The first kappa shape index (κ1) is 19.1. The molecule has 0 saturated carbocycles.